The van der Waals surface area contributed by atoms with E-state index in [2.05, 4.69) is 26.7 Å². The molecular weight excluding hydrogens is 574 g/mol. The summed E-state index contributed by atoms with van der Waals surface area (Å²) in [5.41, 5.74) is 1.65. The van der Waals surface area contributed by atoms with Crippen molar-refractivity contribution >= 4 is 18.1 Å². The fourth-order valence-electron chi connectivity index (χ4n) is 5.92. The average Bonchev–Trinajstić information content (AvgIpc) is 3.44. The number of amides is 1. The van der Waals surface area contributed by atoms with Gasteiger partial charge in [-0.15, -0.1) is 0 Å². The topological polar surface area (TPSA) is 82.2 Å². The molecule has 7 nitrogen and oxygen atoms in total. The lowest BCUT2D eigenvalue weighted by Crippen LogP contribution is -2.39. The van der Waals surface area contributed by atoms with Gasteiger partial charge in [0.1, 0.15) is 11.5 Å². The van der Waals surface area contributed by atoms with Gasteiger partial charge in [0.25, 0.3) is 11.5 Å². The number of pyridine rings is 1. The van der Waals surface area contributed by atoms with Gasteiger partial charge in [0.2, 0.25) is 0 Å². The highest BCUT2D eigenvalue weighted by Crippen LogP contribution is 2.33. The second-order valence-electron chi connectivity index (χ2n) is 10.8. The monoisotopic (exact) mass is 611 g/mol. The molecular formula is C33H37F4N5O2. The zero-order chi connectivity index (χ0) is 32.0. The third-order valence-electron chi connectivity index (χ3n) is 8.00. The maximum atomic E-state index is 14.9. The van der Waals surface area contributed by atoms with Crippen molar-refractivity contribution in [1.82, 2.24) is 25.0 Å². The second-order valence-corrected chi connectivity index (χ2v) is 10.8. The van der Waals surface area contributed by atoms with Crippen molar-refractivity contribution in [2.45, 2.75) is 46.3 Å². The number of aromatic nitrogens is 3. The number of fused-ring (bicyclic) bond motifs is 1. The van der Waals surface area contributed by atoms with Crippen LogP contribution in [0, 0.1) is 17.7 Å². The first kappa shape index (κ1) is 32.8. The van der Waals surface area contributed by atoms with Crippen LogP contribution in [0.2, 0.25) is 0 Å². The van der Waals surface area contributed by atoms with E-state index in [4.69, 9.17) is 0 Å². The van der Waals surface area contributed by atoms with Crippen LogP contribution in [0.4, 0.5) is 17.6 Å². The number of carbonyl (C=O) groups is 1. The molecule has 2 aromatic heterocycles. The Kier molecular flexibility index (Phi) is 10.5. The normalized spacial score (nSPS) is 18.6. The van der Waals surface area contributed by atoms with Crippen LogP contribution in [-0.4, -0.2) is 57.1 Å². The zero-order valence-electron chi connectivity index (χ0n) is 25.1. The van der Waals surface area contributed by atoms with Gasteiger partial charge in [-0.2, -0.15) is 18.3 Å². The molecule has 1 aromatic carbocycles. The summed E-state index contributed by atoms with van der Waals surface area (Å²) in [7, 11) is 0. The van der Waals surface area contributed by atoms with Crippen LogP contribution in [0.25, 0.3) is 12.2 Å². The molecule has 234 valence electrons. The molecule has 1 N–H and O–H groups in total. The SMILES string of the molecule is C=Cc1c(Cc2ccc(F)c(C(=O)N3CC4CCN(Cc5ccc(C(F)(F)F)nc5)CC4C3)c2)n[nH]c(=O)c1/C=C\C.CC. The number of carbonyl (C=O) groups excluding carboxylic acids is 1. The first-order chi connectivity index (χ1) is 21.1. The quantitative estimate of drug-likeness (QED) is 0.322. The van der Waals surface area contributed by atoms with Crippen LogP contribution in [0.15, 0.2) is 54.0 Å². The average molecular weight is 612 g/mol. The van der Waals surface area contributed by atoms with E-state index in [0.717, 1.165) is 19.0 Å². The van der Waals surface area contributed by atoms with Gasteiger partial charge in [0.05, 0.1) is 11.3 Å². The van der Waals surface area contributed by atoms with Gasteiger partial charge < -0.3 is 4.90 Å². The van der Waals surface area contributed by atoms with E-state index in [1.165, 1.54) is 18.3 Å². The molecule has 2 atom stereocenters. The van der Waals surface area contributed by atoms with Crippen molar-refractivity contribution in [3.8, 4) is 0 Å². The number of hydrogen-bond acceptors (Lipinski definition) is 5. The van der Waals surface area contributed by atoms with Crippen molar-refractivity contribution in [2.75, 3.05) is 26.2 Å². The third kappa shape index (κ3) is 7.32. The molecule has 2 aliphatic heterocycles. The number of halogens is 4. The summed E-state index contributed by atoms with van der Waals surface area (Å²) in [5, 5.41) is 6.66. The van der Waals surface area contributed by atoms with Crippen molar-refractivity contribution in [2.24, 2.45) is 11.8 Å². The number of alkyl halides is 3. The number of nitrogens with one attached hydrogen (secondary N) is 1. The van der Waals surface area contributed by atoms with Crippen molar-refractivity contribution in [3.63, 3.8) is 0 Å². The van der Waals surface area contributed by atoms with E-state index in [1.807, 2.05) is 13.8 Å². The fourth-order valence-corrected chi connectivity index (χ4v) is 5.92. The van der Waals surface area contributed by atoms with Crippen molar-refractivity contribution in [1.29, 1.82) is 0 Å². The molecule has 2 aliphatic rings. The second kappa shape index (κ2) is 14.1. The maximum Gasteiger partial charge on any atom is 0.433 e. The van der Waals surface area contributed by atoms with E-state index in [0.29, 0.717) is 54.1 Å². The van der Waals surface area contributed by atoms with Gasteiger partial charge in [-0.05, 0) is 61.1 Å². The number of hydrogen-bond donors (Lipinski definition) is 1. The molecule has 2 saturated heterocycles. The lowest BCUT2D eigenvalue weighted by Gasteiger charge is -2.34. The largest absolute Gasteiger partial charge is 0.433 e. The van der Waals surface area contributed by atoms with Crippen LogP contribution in [0.1, 0.15) is 71.2 Å². The Labute approximate surface area is 254 Å². The number of benzene rings is 1. The van der Waals surface area contributed by atoms with Crippen LogP contribution < -0.4 is 5.56 Å². The summed E-state index contributed by atoms with van der Waals surface area (Å²) in [6, 6.07) is 6.85. The number of piperidine rings is 1. The molecule has 0 radical (unpaired) electrons. The number of allylic oxidation sites excluding steroid dienone is 1. The number of likely N-dealkylation sites (tertiary alicyclic amines) is 2. The predicted octanol–water partition coefficient (Wildman–Crippen LogP) is 6.21. The number of rotatable bonds is 7. The first-order valence-electron chi connectivity index (χ1n) is 14.8. The smallest absolute Gasteiger partial charge is 0.338 e. The summed E-state index contributed by atoms with van der Waals surface area (Å²) in [4.78, 5) is 33.1. The van der Waals surface area contributed by atoms with E-state index in [-0.39, 0.29) is 35.3 Å². The van der Waals surface area contributed by atoms with Crippen LogP contribution >= 0.6 is 0 Å². The van der Waals surface area contributed by atoms with E-state index in [1.54, 1.807) is 42.2 Å². The molecule has 4 heterocycles. The minimum absolute atomic E-state index is 0.0166. The van der Waals surface area contributed by atoms with Gasteiger partial charge in [0, 0.05) is 49.9 Å². The standard InChI is InChI=1S/C31H31F4N5O2.C2H6/c1-3-5-24-23(4-2)27(37-38-29(24)41)13-19-6-8-26(32)25(12-19)30(42)40-17-21-10-11-39(16-22(21)18-40)15-20-7-9-28(36-14-20)31(33,34)35;1-2/h3-9,12,14,21-22H,2,10-11,13,15-18H2,1H3,(H,38,41);1-2H3/b5-3-;. The van der Waals surface area contributed by atoms with Gasteiger partial charge in [-0.25, -0.2) is 9.49 Å². The minimum Gasteiger partial charge on any atom is -0.338 e. The lowest BCUT2D eigenvalue weighted by atomic mass is 9.88. The van der Waals surface area contributed by atoms with Crippen molar-refractivity contribution < 1.29 is 22.4 Å². The summed E-state index contributed by atoms with van der Waals surface area (Å²) in [6.45, 7) is 12.5. The highest BCUT2D eigenvalue weighted by molar-refractivity contribution is 5.95. The molecule has 0 spiro atoms. The van der Waals surface area contributed by atoms with E-state index < -0.39 is 17.7 Å². The molecule has 0 aliphatic carbocycles. The molecule has 0 bridgehead atoms. The Balaban J connectivity index is 0.00000216. The maximum absolute atomic E-state index is 14.9. The highest BCUT2D eigenvalue weighted by atomic mass is 19.4. The molecule has 0 saturated carbocycles. The molecule has 1 amide bonds. The Morgan fingerprint density at radius 3 is 2.48 bits per heavy atom. The summed E-state index contributed by atoms with van der Waals surface area (Å²) < 4.78 is 53.4. The Bertz CT molecular complexity index is 1570. The predicted molar refractivity (Wildman–Crippen MR) is 162 cm³/mol. The zero-order valence-corrected chi connectivity index (χ0v) is 25.1. The van der Waals surface area contributed by atoms with Crippen LogP contribution in [-0.2, 0) is 19.1 Å². The van der Waals surface area contributed by atoms with Crippen molar-refractivity contribution in [3.05, 3.63) is 105 Å². The number of aromatic amines is 1. The number of nitrogens with zero attached hydrogens (tertiary/aromatic N) is 4. The lowest BCUT2D eigenvalue weighted by molar-refractivity contribution is -0.141. The van der Waals surface area contributed by atoms with Gasteiger partial charge >= 0.3 is 6.18 Å². The Hall–Kier alpha value is -4.12. The fraction of sp³-hybridized carbons (Fsp3) is 0.394. The Morgan fingerprint density at radius 1 is 1.09 bits per heavy atom. The van der Waals surface area contributed by atoms with Gasteiger partial charge in [-0.1, -0.05) is 50.8 Å². The minimum atomic E-state index is -4.47. The molecule has 2 fully saturated rings. The molecule has 11 heteroatoms. The summed E-state index contributed by atoms with van der Waals surface area (Å²) in [6.07, 6.45) is 2.87. The molecule has 44 heavy (non-hydrogen) atoms. The molecule has 2 unspecified atom stereocenters. The van der Waals surface area contributed by atoms with Gasteiger partial charge in [-0.3, -0.25) is 19.5 Å². The molecule has 3 aromatic rings. The van der Waals surface area contributed by atoms with Crippen LogP contribution in [0.3, 0.4) is 0 Å². The summed E-state index contributed by atoms with van der Waals surface area (Å²) >= 11 is 0. The van der Waals surface area contributed by atoms with Crippen LogP contribution in [0.5, 0.6) is 0 Å². The van der Waals surface area contributed by atoms with E-state index >= 15 is 0 Å². The molecule has 5 rings (SSSR count). The van der Waals surface area contributed by atoms with Gasteiger partial charge in [0.15, 0.2) is 0 Å². The van der Waals surface area contributed by atoms with E-state index in [9.17, 15) is 27.2 Å². The summed E-state index contributed by atoms with van der Waals surface area (Å²) in [5.74, 6) is -0.534. The first-order valence-corrected chi connectivity index (χ1v) is 14.8. The third-order valence-corrected chi connectivity index (χ3v) is 8.00. The number of H-pyrrole nitrogens is 1. The Morgan fingerprint density at radius 2 is 1.82 bits per heavy atom. The highest BCUT2D eigenvalue weighted by Gasteiger charge is 2.39.